The lowest BCUT2D eigenvalue weighted by atomic mass is 9.97. The molecule has 0 unspecified atom stereocenters. The number of hydrogen-bond donors (Lipinski definition) is 0. The first-order valence-corrected chi connectivity index (χ1v) is 10.5. The highest BCUT2D eigenvalue weighted by molar-refractivity contribution is 5.95. The van der Waals surface area contributed by atoms with Crippen LogP contribution in [-0.2, 0) is 6.18 Å². The van der Waals surface area contributed by atoms with Gasteiger partial charge in [0.05, 0.1) is 11.1 Å². The summed E-state index contributed by atoms with van der Waals surface area (Å²) >= 11 is 0. The summed E-state index contributed by atoms with van der Waals surface area (Å²) in [6.07, 6.45) is -4.40. The molecule has 0 bridgehead atoms. The van der Waals surface area contributed by atoms with E-state index in [1.54, 1.807) is 30.3 Å². The molecule has 0 spiro atoms. The number of benzene rings is 4. The number of rotatable bonds is 3. The summed E-state index contributed by atoms with van der Waals surface area (Å²) in [5.41, 5.74) is 4.09. The molecule has 0 aliphatic carbocycles. The van der Waals surface area contributed by atoms with Crippen molar-refractivity contribution < 1.29 is 22.7 Å². The van der Waals surface area contributed by atoms with E-state index in [4.69, 9.17) is 4.74 Å². The number of fused-ring (bicyclic) bond motifs is 1. The highest BCUT2D eigenvalue weighted by Gasteiger charge is 2.32. The van der Waals surface area contributed by atoms with Gasteiger partial charge in [-0.3, -0.25) is 0 Å². The number of carbonyl (C=O) groups excluding carboxylic acids is 1. The van der Waals surface area contributed by atoms with E-state index in [9.17, 15) is 18.0 Å². The van der Waals surface area contributed by atoms with Crippen LogP contribution in [0.15, 0.2) is 66.7 Å². The van der Waals surface area contributed by atoms with Crippen LogP contribution in [0.2, 0.25) is 0 Å². The number of alkyl halides is 3. The van der Waals surface area contributed by atoms with Crippen LogP contribution in [0.4, 0.5) is 13.2 Å². The fourth-order valence-electron chi connectivity index (χ4n) is 4.23. The van der Waals surface area contributed by atoms with E-state index < -0.39 is 17.7 Å². The molecule has 0 aliphatic heterocycles. The fraction of sp³-hybridized carbons (Fsp3) is 0.179. The van der Waals surface area contributed by atoms with Crippen LogP contribution >= 0.6 is 0 Å². The van der Waals surface area contributed by atoms with Crippen molar-refractivity contribution in [2.24, 2.45) is 0 Å². The van der Waals surface area contributed by atoms with Gasteiger partial charge >= 0.3 is 12.1 Å². The summed E-state index contributed by atoms with van der Waals surface area (Å²) in [6.45, 7) is 7.20. The number of hydrogen-bond acceptors (Lipinski definition) is 2. The van der Waals surface area contributed by atoms with Gasteiger partial charge in [-0.2, -0.15) is 13.2 Å². The molecule has 0 aliphatic rings. The third-order valence-electron chi connectivity index (χ3n) is 5.78. The molecule has 4 aromatic carbocycles. The number of esters is 1. The number of ether oxygens (including phenoxy) is 1. The van der Waals surface area contributed by atoms with E-state index in [-0.39, 0.29) is 5.56 Å². The zero-order valence-corrected chi connectivity index (χ0v) is 18.8. The minimum atomic E-state index is -4.40. The van der Waals surface area contributed by atoms with E-state index in [0.717, 1.165) is 27.5 Å². The van der Waals surface area contributed by atoms with Gasteiger partial charge in [0.15, 0.2) is 0 Å². The quantitative estimate of drug-likeness (QED) is 0.235. The van der Waals surface area contributed by atoms with Crippen LogP contribution in [0.1, 0.15) is 38.2 Å². The van der Waals surface area contributed by atoms with E-state index >= 15 is 0 Å². The maximum absolute atomic E-state index is 13.3. The first-order valence-electron chi connectivity index (χ1n) is 10.5. The summed E-state index contributed by atoms with van der Waals surface area (Å²) in [5.74, 6) is -0.00498. The Balaban J connectivity index is 1.64. The molecule has 33 heavy (non-hydrogen) atoms. The Morgan fingerprint density at radius 3 is 1.94 bits per heavy atom. The van der Waals surface area contributed by atoms with Crippen molar-refractivity contribution in [1.29, 1.82) is 0 Å². The summed E-state index contributed by atoms with van der Waals surface area (Å²) in [6, 6.07) is 18.9. The maximum Gasteiger partial charge on any atom is 0.416 e. The van der Waals surface area contributed by atoms with Crippen LogP contribution < -0.4 is 4.74 Å². The lowest BCUT2D eigenvalue weighted by Gasteiger charge is -2.13. The number of aryl methyl sites for hydroxylation is 4. The third-order valence-corrected chi connectivity index (χ3v) is 5.78. The second-order valence-electron chi connectivity index (χ2n) is 8.41. The van der Waals surface area contributed by atoms with Crippen LogP contribution in [0.25, 0.3) is 21.9 Å². The van der Waals surface area contributed by atoms with Crippen LogP contribution in [0, 0.1) is 27.7 Å². The maximum atomic E-state index is 13.3. The first-order chi connectivity index (χ1) is 15.5. The summed E-state index contributed by atoms with van der Waals surface area (Å²) in [5, 5.41) is 1.66. The molecule has 0 aromatic heterocycles. The molecule has 168 valence electrons. The zero-order chi connectivity index (χ0) is 23.9. The Morgan fingerprint density at radius 1 is 0.697 bits per heavy atom. The SMILES string of the molecule is Cc1cc(C)c(C(=O)Oc2ccc3cc(-c4ccc(C)c(C(F)(F)F)c4)ccc3c2)c(C)c1. The lowest BCUT2D eigenvalue weighted by molar-refractivity contribution is -0.138. The molecule has 4 aromatic rings. The number of carbonyl (C=O) groups is 1. The molecule has 5 heteroatoms. The normalized spacial score (nSPS) is 11.6. The van der Waals surface area contributed by atoms with Crippen LogP contribution in [-0.4, -0.2) is 5.97 Å². The molecule has 0 N–H and O–H groups in total. The van der Waals surface area contributed by atoms with Gasteiger partial charge < -0.3 is 4.74 Å². The van der Waals surface area contributed by atoms with E-state index in [1.807, 2.05) is 45.0 Å². The number of halogens is 3. The molecule has 4 rings (SSSR count). The molecule has 0 heterocycles. The molecule has 0 radical (unpaired) electrons. The van der Waals surface area contributed by atoms with E-state index in [0.29, 0.717) is 22.4 Å². The van der Waals surface area contributed by atoms with Crippen molar-refractivity contribution in [3.63, 3.8) is 0 Å². The van der Waals surface area contributed by atoms with Crippen molar-refractivity contribution in [2.45, 2.75) is 33.9 Å². The predicted octanol–water partition coefficient (Wildman–Crippen LogP) is 7.98. The minimum Gasteiger partial charge on any atom is -0.423 e. The average molecular weight is 448 g/mol. The Hall–Kier alpha value is -3.60. The average Bonchev–Trinajstić information content (AvgIpc) is 2.72. The topological polar surface area (TPSA) is 26.3 Å². The summed E-state index contributed by atoms with van der Waals surface area (Å²) in [4.78, 5) is 12.8. The smallest absolute Gasteiger partial charge is 0.416 e. The fourth-order valence-corrected chi connectivity index (χ4v) is 4.23. The van der Waals surface area contributed by atoms with Gasteiger partial charge in [0, 0.05) is 0 Å². The van der Waals surface area contributed by atoms with Crippen molar-refractivity contribution in [1.82, 2.24) is 0 Å². The molecule has 0 atom stereocenters. The molecule has 0 fully saturated rings. The van der Waals surface area contributed by atoms with Gasteiger partial charge in [-0.05, 0) is 90.6 Å². The minimum absolute atomic E-state index is 0.192. The third kappa shape index (κ3) is 4.63. The Labute approximate surface area is 190 Å². The Morgan fingerprint density at radius 2 is 1.27 bits per heavy atom. The largest absolute Gasteiger partial charge is 0.423 e. The predicted molar refractivity (Wildman–Crippen MR) is 125 cm³/mol. The second-order valence-corrected chi connectivity index (χ2v) is 8.41. The van der Waals surface area contributed by atoms with E-state index in [2.05, 4.69) is 0 Å². The zero-order valence-electron chi connectivity index (χ0n) is 18.8. The van der Waals surface area contributed by atoms with Crippen LogP contribution in [0.3, 0.4) is 0 Å². The van der Waals surface area contributed by atoms with Crippen molar-refractivity contribution in [3.05, 3.63) is 100 Å². The molecule has 0 saturated carbocycles. The Bertz CT molecular complexity index is 1360. The van der Waals surface area contributed by atoms with Gasteiger partial charge in [0.2, 0.25) is 0 Å². The lowest BCUT2D eigenvalue weighted by Crippen LogP contribution is -2.12. The first kappa shape index (κ1) is 22.6. The summed E-state index contributed by atoms with van der Waals surface area (Å²) < 4.78 is 45.5. The molecule has 0 amide bonds. The van der Waals surface area contributed by atoms with Gasteiger partial charge in [-0.15, -0.1) is 0 Å². The standard InChI is InChI=1S/C28H23F3O2/c1-16-11-18(3)26(19(4)12-16)27(32)33-24-10-9-21-13-20(7-8-22(21)14-24)23-6-5-17(2)25(15-23)28(29,30)31/h5-15H,1-4H3. The molecule has 0 saturated heterocycles. The second kappa shape index (κ2) is 8.39. The van der Waals surface area contributed by atoms with Crippen molar-refractivity contribution >= 4 is 16.7 Å². The highest BCUT2D eigenvalue weighted by Crippen LogP contribution is 2.35. The van der Waals surface area contributed by atoms with Gasteiger partial charge in [0.25, 0.3) is 0 Å². The monoisotopic (exact) mass is 448 g/mol. The molecular weight excluding hydrogens is 425 g/mol. The van der Waals surface area contributed by atoms with Crippen molar-refractivity contribution in [3.8, 4) is 16.9 Å². The van der Waals surface area contributed by atoms with Gasteiger partial charge in [-0.1, -0.05) is 48.0 Å². The van der Waals surface area contributed by atoms with Gasteiger partial charge in [0.1, 0.15) is 5.75 Å². The van der Waals surface area contributed by atoms with Crippen LogP contribution in [0.5, 0.6) is 5.75 Å². The van der Waals surface area contributed by atoms with Crippen molar-refractivity contribution in [2.75, 3.05) is 0 Å². The Kier molecular flexibility index (Phi) is 5.75. The summed E-state index contributed by atoms with van der Waals surface area (Å²) in [7, 11) is 0. The molecule has 2 nitrogen and oxygen atoms in total. The van der Waals surface area contributed by atoms with Gasteiger partial charge in [-0.25, -0.2) is 4.79 Å². The molecular formula is C28H23F3O2. The van der Waals surface area contributed by atoms with E-state index in [1.165, 1.54) is 19.1 Å². The highest BCUT2D eigenvalue weighted by atomic mass is 19.4.